The number of nitrogens with one attached hydrogen (secondary N) is 2. The average molecular weight is 381 g/mol. The Kier molecular flexibility index (Phi) is 6.19. The molecule has 0 aliphatic carbocycles. The Morgan fingerprint density at radius 3 is 2.71 bits per heavy atom. The quantitative estimate of drug-likeness (QED) is 0.808. The fourth-order valence-corrected chi connectivity index (χ4v) is 3.40. The Labute approximate surface area is 165 Å². The van der Waals surface area contributed by atoms with E-state index in [-0.39, 0.29) is 18.0 Å². The number of methoxy groups -OCH3 is 1. The molecule has 0 unspecified atom stereocenters. The van der Waals surface area contributed by atoms with Crippen molar-refractivity contribution in [3.05, 3.63) is 59.2 Å². The Hall–Kier alpha value is -3.02. The predicted octanol–water partition coefficient (Wildman–Crippen LogP) is 2.96. The molecule has 6 nitrogen and oxygen atoms in total. The second-order valence-corrected chi connectivity index (χ2v) is 7.14. The summed E-state index contributed by atoms with van der Waals surface area (Å²) in [5, 5.41) is 5.77. The third-order valence-electron chi connectivity index (χ3n) is 5.13. The first-order chi connectivity index (χ1) is 13.5. The highest BCUT2D eigenvalue weighted by Gasteiger charge is 2.31. The number of urea groups is 1. The van der Waals surface area contributed by atoms with Crippen LogP contribution in [-0.4, -0.2) is 38.2 Å². The number of para-hydroxylation sites is 1. The van der Waals surface area contributed by atoms with E-state index in [4.69, 9.17) is 4.74 Å². The summed E-state index contributed by atoms with van der Waals surface area (Å²) in [7, 11) is 1.64. The molecule has 1 fully saturated rings. The molecule has 1 aliphatic rings. The van der Waals surface area contributed by atoms with Gasteiger partial charge in [0.15, 0.2) is 0 Å². The fourth-order valence-electron chi connectivity index (χ4n) is 3.40. The molecule has 2 aromatic carbocycles. The molecule has 2 aromatic rings. The van der Waals surface area contributed by atoms with Gasteiger partial charge in [0, 0.05) is 25.2 Å². The minimum Gasteiger partial charge on any atom is -0.496 e. The maximum absolute atomic E-state index is 12.4. The van der Waals surface area contributed by atoms with Crippen LogP contribution in [0.2, 0.25) is 0 Å². The lowest BCUT2D eigenvalue weighted by Gasteiger charge is -2.18. The van der Waals surface area contributed by atoms with E-state index in [2.05, 4.69) is 10.6 Å². The maximum Gasteiger partial charge on any atom is 0.315 e. The monoisotopic (exact) mass is 381 g/mol. The van der Waals surface area contributed by atoms with Crippen LogP contribution in [0.3, 0.4) is 0 Å². The van der Waals surface area contributed by atoms with Crippen molar-refractivity contribution in [2.24, 2.45) is 0 Å². The van der Waals surface area contributed by atoms with Crippen molar-refractivity contribution in [1.82, 2.24) is 10.6 Å². The predicted molar refractivity (Wildman–Crippen MR) is 110 cm³/mol. The largest absolute Gasteiger partial charge is 0.496 e. The van der Waals surface area contributed by atoms with Crippen LogP contribution in [0, 0.1) is 13.8 Å². The zero-order chi connectivity index (χ0) is 20.1. The first kappa shape index (κ1) is 19.7. The topological polar surface area (TPSA) is 70.7 Å². The Morgan fingerprint density at radius 2 is 1.96 bits per heavy atom. The van der Waals surface area contributed by atoms with Gasteiger partial charge in [-0.3, -0.25) is 4.79 Å². The first-order valence-corrected chi connectivity index (χ1v) is 9.52. The fraction of sp³-hybridized carbons (Fsp3) is 0.364. The van der Waals surface area contributed by atoms with Gasteiger partial charge in [0.05, 0.1) is 13.2 Å². The van der Waals surface area contributed by atoms with Crippen LogP contribution in [0.1, 0.15) is 23.1 Å². The van der Waals surface area contributed by atoms with Crippen LogP contribution in [0.25, 0.3) is 0 Å². The first-order valence-electron chi connectivity index (χ1n) is 9.52. The summed E-state index contributed by atoms with van der Waals surface area (Å²) >= 11 is 0. The summed E-state index contributed by atoms with van der Waals surface area (Å²) in [5.74, 6) is 0.845. The molecule has 28 heavy (non-hydrogen) atoms. The van der Waals surface area contributed by atoms with Gasteiger partial charge >= 0.3 is 6.03 Å². The van der Waals surface area contributed by atoms with Crippen LogP contribution < -0.4 is 20.3 Å². The molecule has 0 aromatic heterocycles. The molecule has 2 N–H and O–H groups in total. The standard InChI is InChI=1S/C22H27N3O3/c1-15-8-9-19(12-16(15)2)25-14-18(13-21(25)26)24-22(27)23-11-10-17-6-4-5-7-20(17)28-3/h4-9,12,18H,10-11,13-14H2,1-3H3,(H2,23,24,27)/t18-/m0/s1. The summed E-state index contributed by atoms with van der Waals surface area (Å²) in [4.78, 5) is 26.3. The summed E-state index contributed by atoms with van der Waals surface area (Å²) in [5.41, 5.74) is 4.27. The lowest BCUT2D eigenvalue weighted by Crippen LogP contribution is -2.44. The normalized spacial score (nSPS) is 16.2. The zero-order valence-corrected chi connectivity index (χ0v) is 16.6. The smallest absolute Gasteiger partial charge is 0.315 e. The van der Waals surface area contributed by atoms with Gasteiger partial charge in [-0.15, -0.1) is 0 Å². The van der Waals surface area contributed by atoms with Crippen LogP contribution in [0.4, 0.5) is 10.5 Å². The van der Waals surface area contributed by atoms with E-state index in [1.54, 1.807) is 12.0 Å². The van der Waals surface area contributed by atoms with Crippen molar-refractivity contribution in [3.63, 3.8) is 0 Å². The van der Waals surface area contributed by atoms with Crippen molar-refractivity contribution >= 4 is 17.6 Å². The Morgan fingerprint density at radius 1 is 1.18 bits per heavy atom. The van der Waals surface area contributed by atoms with Gasteiger partial charge in [-0.25, -0.2) is 4.79 Å². The molecule has 1 aliphatic heterocycles. The zero-order valence-electron chi connectivity index (χ0n) is 16.6. The van der Waals surface area contributed by atoms with E-state index in [0.29, 0.717) is 25.9 Å². The molecular weight excluding hydrogens is 354 g/mol. The van der Waals surface area contributed by atoms with Gasteiger partial charge in [0.2, 0.25) is 5.91 Å². The number of anilines is 1. The van der Waals surface area contributed by atoms with Crippen LogP contribution in [-0.2, 0) is 11.2 Å². The Bertz CT molecular complexity index is 866. The number of hydrogen-bond donors (Lipinski definition) is 2. The summed E-state index contributed by atoms with van der Waals surface area (Å²) < 4.78 is 5.32. The molecule has 0 bridgehead atoms. The highest BCUT2D eigenvalue weighted by molar-refractivity contribution is 5.96. The van der Waals surface area contributed by atoms with Gasteiger partial charge < -0.3 is 20.3 Å². The van der Waals surface area contributed by atoms with Crippen molar-refractivity contribution in [2.75, 3.05) is 25.1 Å². The summed E-state index contributed by atoms with van der Waals surface area (Å²) in [6.07, 6.45) is 0.989. The highest BCUT2D eigenvalue weighted by atomic mass is 16.5. The number of benzene rings is 2. The molecule has 1 atom stereocenters. The van der Waals surface area contributed by atoms with Crippen LogP contribution >= 0.6 is 0 Å². The molecular formula is C22H27N3O3. The number of carbonyl (C=O) groups excluding carboxylic acids is 2. The number of hydrogen-bond acceptors (Lipinski definition) is 3. The third kappa shape index (κ3) is 4.63. The minimum absolute atomic E-state index is 0.0302. The number of rotatable bonds is 6. The molecule has 6 heteroatoms. The van der Waals surface area contributed by atoms with Gasteiger partial charge in [-0.2, -0.15) is 0 Å². The molecule has 1 heterocycles. The number of carbonyl (C=O) groups is 2. The second-order valence-electron chi connectivity index (χ2n) is 7.14. The average Bonchev–Trinajstić information content (AvgIpc) is 3.04. The van der Waals surface area contributed by atoms with E-state index in [0.717, 1.165) is 22.6 Å². The van der Waals surface area contributed by atoms with Crippen molar-refractivity contribution < 1.29 is 14.3 Å². The van der Waals surface area contributed by atoms with Crippen molar-refractivity contribution in [1.29, 1.82) is 0 Å². The van der Waals surface area contributed by atoms with Crippen LogP contribution in [0.15, 0.2) is 42.5 Å². The molecule has 3 rings (SSSR count). The number of ether oxygens (including phenoxy) is 1. The van der Waals surface area contributed by atoms with E-state index in [1.165, 1.54) is 5.56 Å². The van der Waals surface area contributed by atoms with Crippen molar-refractivity contribution in [2.45, 2.75) is 32.7 Å². The Balaban J connectivity index is 1.49. The van der Waals surface area contributed by atoms with Crippen LogP contribution in [0.5, 0.6) is 5.75 Å². The lowest BCUT2D eigenvalue weighted by molar-refractivity contribution is -0.117. The number of amides is 3. The highest BCUT2D eigenvalue weighted by Crippen LogP contribution is 2.24. The van der Waals surface area contributed by atoms with E-state index in [9.17, 15) is 9.59 Å². The number of aryl methyl sites for hydroxylation is 2. The van der Waals surface area contributed by atoms with Gasteiger partial charge in [0.1, 0.15) is 5.75 Å². The third-order valence-corrected chi connectivity index (χ3v) is 5.13. The van der Waals surface area contributed by atoms with Gasteiger partial charge in [-0.05, 0) is 55.2 Å². The van der Waals surface area contributed by atoms with E-state index >= 15 is 0 Å². The lowest BCUT2D eigenvalue weighted by atomic mass is 10.1. The molecule has 0 spiro atoms. The minimum atomic E-state index is -0.255. The SMILES string of the molecule is COc1ccccc1CCNC(=O)N[C@H]1CC(=O)N(c2ccc(C)c(C)c2)C1. The van der Waals surface area contributed by atoms with Gasteiger partial charge in [0.25, 0.3) is 0 Å². The number of nitrogens with zero attached hydrogens (tertiary/aromatic N) is 1. The van der Waals surface area contributed by atoms with Gasteiger partial charge in [-0.1, -0.05) is 24.3 Å². The molecule has 148 valence electrons. The maximum atomic E-state index is 12.4. The second kappa shape index (κ2) is 8.78. The summed E-state index contributed by atoms with van der Waals surface area (Å²) in [6, 6.07) is 13.3. The van der Waals surface area contributed by atoms with E-state index in [1.807, 2.05) is 56.3 Å². The van der Waals surface area contributed by atoms with E-state index < -0.39 is 0 Å². The molecule has 0 radical (unpaired) electrons. The van der Waals surface area contributed by atoms with Crippen molar-refractivity contribution in [3.8, 4) is 5.75 Å². The molecule has 0 saturated carbocycles. The molecule has 3 amide bonds. The summed E-state index contributed by atoms with van der Waals surface area (Å²) in [6.45, 7) is 5.06. The molecule has 1 saturated heterocycles.